The van der Waals surface area contributed by atoms with E-state index in [-0.39, 0.29) is 11.8 Å². The molecule has 0 unspecified atom stereocenters. The Hall–Kier alpha value is -1.85. The molecule has 1 amide bonds. The molecule has 1 aromatic heterocycles. The van der Waals surface area contributed by atoms with E-state index in [4.69, 9.17) is 4.42 Å². The fourth-order valence-corrected chi connectivity index (χ4v) is 3.64. The molecule has 0 bridgehead atoms. The quantitative estimate of drug-likeness (QED) is 0.907. The van der Waals surface area contributed by atoms with Crippen LogP contribution in [0.25, 0.3) is 0 Å². The highest BCUT2D eigenvalue weighted by Gasteiger charge is 2.56. The fraction of sp³-hybridized carbons (Fsp3) is 0.643. The fourth-order valence-electron chi connectivity index (χ4n) is 3.64. The summed E-state index contributed by atoms with van der Waals surface area (Å²) in [5, 5.41) is 9.53. The Morgan fingerprint density at radius 2 is 2.40 bits per heavy atom. The van der Waals surface area contributed by atoms with Crippen molar-refractivity contribution in [2.24, 2.45) is 11.3 Å². The molecule has 2 heterocycles. The molecule has 2 aliphatic rings. The highest BCUT2D eigenvalue weighted by molar-refractivity contribution is 5.94. The van der Waals surface area contributed by atoms with Gasteiger partial charge in [-0.3, -0.25) is 9.59 Å². The molecule has 2 atom stereocenters. The summed E-state index contributed by atoms with van der Waals surface area (Å²) in [6, 6.07) is 0. The predicted molar refractivity (Wildman–Crippen MR) is 69.2 cm³/mol. The van der Waals surface area contributed by atoms with Gasteiger partial charge in [-0.15, -0.1) is 0 Å². The molecule has 0 radical (unpaired) electrons. The number of carbonyl (C=O) groups is 2. The van der Waals surface area contributed by atoms with Crippen LogP contribution in [0.3, 0.4) is 0 Å². The minimum absolute atomic E-state index is 0.0703. The zero-order valence-corrected chi connectivity index (χ0v) is 11.5. The van der Waals surface area contributed by atoms with Crippen molar-refractivity contribution in [1.29, 1.82) is 0 Å². The minimum atomic E-state index is -0.772. The second-order valence-corrected chi connectivity index (χ2v) is 5.71. The van der Waals surface area contributed by atoms with Crippen LogP contribution >= 0.6 is 0 Å². The molecule has 108 valence electrons. The van der Waals surface area contributed by atoms with Gasteiger partial charge in [0.25, 0.3) is 5.91 Å². The predicted octanol–water partition coefficient (Wildman–Crippen LogP) is 1.56. The van der Waals surface area contributed by atoms with Crippen molar-refractivity contribution in [3.05, 3.63) is 17.8 Å². The van der Waals surface area contributed by atoms with Gasteiger partial charge in [0.1, 0.15) is 5.76 Å². The standard InChI is InChI=1S/C14H18N2O4/c1-2-10-11(15-8-20-10)12(17)16-6-9-4-3-5-14(9,7-16)13(18)19/h8-9H,2-7H2,1H3,(H,18,19)/t9-,14+/m0/s1. The Balaban J connectivity index is 1.84. The van der Waals surface area contributed by atoms with Crippen LogP contribution in [-0.2, 0) is 11.2 Å². The van der Waals surface area contributed by atoms with Gasteiger partial charge in [0.2, 0.25) is 0 Å². The molecule has 6 nitrogen and oxygen atoms in total. The van der Waals surface area contributed by atoms with E-state index in [1.54, 1.807) is 4.90 Å². The van der Waals surface area contributed by atoms with Gasteiger partial charge in [-0.25, -0.2) is 4.98 Å². The van der Waals surface area contributed by atoms with E-state index < -0.39 is 11.4 Å². The second-order valence-electron chi connectivity index (χ2n) is 5.71. The Morgan fingerprint density at radius 3 is 3.05 bits per heavy atom. The Bertz CT molecular complexity index is 553. The lowest BCUT2D eigenvalue weighted by Gasteiger charge is -2.23. The average Bonchev–Trinajstić information content (AvgIpc) is 3.10. The first-order valence-corrected chi connectivity index (χ1v) is 7.03. The number of amides is 1. The van der Waals surface area contributed by atoms with Crippen molar-refractivity contribution >= 4 is 11.9 Å². The summed E-state index contributed by atoms with van der Waals surface area (Å²) in [5.41, 5.74) is -0.417. The van der Waals surface area contributed by atoms with Crippen molar-refractivity contribution in [1.82, 2.24) is 9.88 Å². The van der Waals surface area contributed by atoms with Crippen molar-refractivity contribution < 1.29 is 19.1 Å². The van der Waals surface area contributed by atoms with Crippen LogP contribution in [0, 0.1) is 11.3 Å². The van der Waals surface area contributed by atoms with Gasteiger partial charge >= 0.3 is 5.97 Å². The molecule has 3 rings (SSSR count). The molecule has 2 fully saturated rings. The summed E-state index contributed by atoms with van der Waals surface area (Å²) in [6.45, 7) is 2.71. The molecule has 6 heteroatoms. The molecular formula is C14H18N2O4. The first kappa shape index (κ1) is 13.1. The second kappa shape index (κ2) is 4.61. The highest BCUT2D eigenvalue weighted by atomic mass is 16.4. The molecule has 1 saturated carbocycles. The molecule has 1 aliphatic heterocycles. The Labute approximate surface area is 116 Å². The van der Waals surface area contributed by atoms with E-state index in [9.17, 15) is 14.7 Å². The number of oxazole rings is 1. The first-order valence-electron chi connectivity index (χ1n) is 7.03. The van der Waals surface area contributed by atoms with Crippen molar-refractivity contribution in [3.63, 3.8) is 0 Å². The van der Waals surface area contributed by atoms with Crippen LogP contribution in [0.2, 0.25) is 0 Å². The lowest BCUT2D eigenvalue weighted by molar-refractivity contribution is -0.149. The molecule has 1 saturated heterocycles. The minimum Gasteiger partial charge on any atom is -0.481 e. The normalized spacial score (nSPS) is 28.6. The first-order chi connectivity index (χ1) is 9.58. The molecule has 0 spiro atoms. The maximum atomic E-state index is 12.5. The van der Waals surface area contributed by atoms with E-state index in [0.29, 0.717) is 37.4 Å². The van der Waals surface area contributed by atoms with Gasteiger partial charge in [-0.05, 0) is 18.8 Å². The lowest BCUT2D eigenvalue weighted by atomic mass is 9.81. The zero-order chi connectivity index (χ0) is 14.3. The van der Waals surface area contributed by atoms with Gasteiger partial charge < -0.3 is 14.4 Å². The number of aliphatic carboxylic acids is 1. The van der Waals surface area contributed by atoms with Gasteiger partial charge in [-0.1, -0.05) is 13.3 Å². The number of carbonyl (C=O) groups excluding carboxylic acids is 1. The lowest BCUT2D eigenvalue weighted by Crippen LogP contribution is -2.37. The summed E-state index contributed by atoms with van der Waals surface area (Å²) >= 11 is 0. The van der Waals surface area contributed by atoms with E-state index in [1.165, 1.54) is 6.39 Å². The van der Waals surface area contributed by atoms with Crippen LogP contribution < -0.4 is 0 Å². The smallest absolute Gasteiger partial charge is 0.311 e. The van der Waals surface area contributed by atoms with Gasteiger partial charge in [-0.2, -0.15) is 0 Å². The number of aromatic nitrogens is 1. The molecule has 0 aromatic carbocycles. The number of likely N-dealkylation sites (tertiary alicyclic amines) is 1. The average molecular weight is 278 g/mol. The number of carboxylic acid groups (broad SMARTS) is 1. The summed E-state index contributed by atoms with van der Waals surface area (Å²) in [4.78, 5) is 29.7. The van der Waals surface area contributed by atoms with Crippen molar-refractivity contribution in [3.8, 4) is 0 Å². The maximum absolute atomic E-state index is 12.5. The van der Waals surface area contributed by atoms with Crippen molar-refractivity contribution in [2.45, 2.75) is 32.6 Å². The summed E-state index contributed by atoms with van der Waals surface area (Å²) < 4.78 is 5.19. The van der Waals surface area contributed by atoms with Crippen LogP contribution in [-0.4, -0.2) is 40.0 Å². The Morgan fingerprint density at radius 1 is 1.60 bits per heavy atom. The number of nitrogens with zero attached hydrogens (tertiary/aromatic N) is 2. The van der Waals surface area contributed by atoms with Crippen molar-refractivity contribution in [2.75, 3.05) is 13.1 Å². The van der Waals surface area contributed by atoms with E-state index >= 15 is 0 Å². The molecule has 1 aromatic rings. The third kappa shape index (κ3) is 1.74. The van der Waals surface area contributed by atoms with Gasteiger partial charge in [0.15, 0.2) is 12.1 Å². The number of hydrogen-bond donors (Lipinski definition) is 1. The SMILES string of the molecule is CCc1ocnc1C(=O)N1C[C@@H]2CCC[C@@]2(C(=O)O)C1. The number of hydrogen-bond acceptors (Lipinski definition) is 4. The molecule has 20 heavy (non-hydrogen) atoms. The van der Waals surface area contributed by atoms with E-state index in [1.807, 2.05) is 6.92 Å². The zero-order valence-electron chi connectivity index (χ0n) is 11.5. The summed E-state index contributed by atoms with van der Waals surface area (Å²) in [7, 11) is 0. The van der Waals surface area contributed by atoms with Crippen LogP contribution in [0.5, 0.6) is 0 Å². The van der Waals surface area contributed by atoms with Crippen LogP contribution in [0.1, 0.15) is 42.4 Å². The third-order valence-corrected chi connectivity index (χ3v) is 4.75. The molecule has 1 aliphatic carbocycles. The largest absolute Gasteiger partial charge is 0.481 e. The number of aryl methyl sites for hydroxylation is 1. The third-order valence-electron chi connectivity index (χ3n) is 4.75. The van der Waals surface area contributed by atoms with Crippen LogP contribution in [0.15, 0.2) is 10.8 Å². The number of fused-ring (bicyclic) bond motifs is 1. The molecular weight excluding hydrogens is 260 g/mol. The van der Waals surface area contributed by atoms with Gasteiger partial charge in [0.05, 0.1) is 5.41 Å². The Kier molecular flexibility index (Phi) is 3.03. The molecule has 1 N–H and O–H groups in total. The van der Waals surface area contributed by atoms with E-state index in [2.05, 4.69) is 4.98 Å². The maximum Gasteiger partial charge on any atom is 0.311 e. The summed E-state index contributed by atoms with van der Waals surface area (Å²) in [5.74, 6) is -0.339. The van der Waals surface area contributed by atoms with Gasteiger partial charge in [0, 0.05) is 19.5 Å². The summed E-state index contributed by atoms with van der Waals surface area (Å²) in [6.07, 6.45) is 4.35. The number of rotatable bonds is 3. The van der Waals surface area contributed by atoms with Crippen LogP contribution in [0.4, 0.5) is 0 Å². The highest BCUT2D eigenvalue weighted by Crippen LogP contribution is 2.49. The topological polar surface area (TPSA) is 83.6 Å². The monoisotopic (exact) mass is 278 g/mol. The number of carboxylic acids is 1. The van der Waals surface area contributed by atoms with E-state index in [0.717, 1.165) is 12.8 Å².